The third-order valence-corrected chi connectivity index (χ3v) is 8.04. The van der Waals surface area contributed by atoms with E-state index in [1.165, 1.54) is 25.3 Å². The number of phenolic OH excluding ortho intramolecular Hbond substituents is 2. The number of aliphatic hydroxyl groups is 2. The lowest BCUT2D eigenvalue weighted by Gasteiger charge is -2.42. The molecule has 2 aromatic carbocycles. The van der Waals surface area contributed by atoms with Crippen molar-refractivity contribution in [2.24, 2.45) is 0 Å². The highest BCUT2D eigenvalue weighted by atomic mass is 16.7. The van der Waals surface area contributed by atoms with E-state index in [1.807, 2.05) is 0 Å². The fourth-order valence-corrected chi connectivity index (χ4v) is 5.88. The molecule has 40 heavy (non-hydrogen) atoms. The van der Waals surface area contributed by atoms with Gasteiger partial charge in [-0.05, 0) is 19.9 Å². The molecule has 1 amide bonds. The first-order valence-corrected chi connectivity index (χ1v) is 12.7. The number of hydrogen-bond acceptors (Lipinski definition) is 11. The fourth-order valence-electron chi connectivity index (χ4n) is 5.88. The average molecular weight is 556 g/mol. The van der Waals surface area contributed by atoms with E-state index in [-0.39, 0.29) is 40.8 Å². The molecule has 1 saturated heterocycles. The first-order chi connectivity index (χ1) is 18.9. The summed E-state index contributed by atoms with van der Waals surface area (Å²) in [6.45, 7) is 2.73. The Morgan fingerprint density at radius 2 is 1.85 bits per heavy atom. The third-order valence-electron chi connectivity index (χ3n) is 8.04. The second kappa shape index (κ2) is 9.97. The zero-order valence-corrected chi connectivity index (χ0v) is 22.0. The summed E-state index contributed by atoms with van der Waals surface area (Å²) >= 11 is 0. The van der Waals surface area contributed by atoms with Gasteiger partial charge in [0.15, 0.2) is 17.9 Å². The molecule has 212 valence electrons. The molecule has 5 rings (SSSR count). The van der Waals surface area contributed by atoms with E-state index < -0.39 is 82.6 Å². The quantitative estimate of drug-likeness (QED) is 0.214. The predicted molar refractivity (Wildman–Crippen MR) is 135 cm³/mol. The zero-order chi connectivity index (χ0) is 29.1. The van der Waals surface area contributed by atoms with Crippen LogP contribution in [0.1, 0.15) is 75.8 Å². The molecular formula is C28H29NO11. The maximum absolute atomic E-state index is 13.7. The minimum atomic E-state index is -2.04. The monoisotopic (exact) mass is 555 g/mol. The Balaban J connectivity index is 1.66. The van der Waals surface area contributed by atoms with Gasteiger partial charge in [0.05, 0.1) is 42.0 Å². The van der Waals surface area contributed by atoms with Crippen molar-refractivity contribution in [3.05, 3.63) is 51.6 Å². The molecule has 12 heteroatoms. The highest BCUT2D eigenvalue weighted by molar-refractivity contribution is 6.31. The van der Waals surface area contributed by atoms with E-state index in [2.05, 4.69) is 5.32 Å². The SMILES string of the molecule is COc1cccc2c1C(=O)c1c(O)c3c(c(O)c1C2=O)C[C@](O)(C(C)=O)CC3O[C@H]1C[C@H](NC=O)[C@H](O)[C@H](C)O1. The van der Waals surface area contributed by atoms with E-state index >= 15 is 0 Å². The van der Waals surface area contributed by atoms with E-state index in [9.17, 15) is 39.6 Å². The number of fused-ring (bicyclic) bond motifs is 3. The van der Waals surface area contributed by atoms with Gasteiger partial charge in [-0.2, -0.15) is 0 Å². The Hall–Kier alpha value is -3.84. The van der Waals surface area contributed by atoms with Crippen molar-refractivity contribution in [2.75, 3.05) is 7.11 Å². The summed E-state index contributed by atoms with van der Waals surface area (Å²) in [7, 11) is 1.33. The van der Waals surface area contributed by atoms with Gasteiger partial charge in [-0.3, -0.25) is 19.2 Å². The Kier molecular flexibility index (Phi) is 6.91. The van der Waals surface area contributed by atoms with Crippen LogP contribution >= 0.6 is 0 Å². The van der Waals surface area contributed by atoms with Gasteiger partial charge in [-0.15, -0.1) is 0 Å². The van der Waals surface area contributed by atoms with Crippen LogP contribution in [0.2, 0.25) is 0 Å². The fraction of sp³-hybridized carbons (Fsp3) is 0.429. The van der Waals surface area contributed by atoms with Crippen LogP contribution in [0.4, 0.5) is 0 Å². The predicted octanol–water partition coefficient (Wildman–Crippen LogP) is 0.816. The number of methoxy groups -OCH3 is 1. The molecule has 1 heterocycles. The minimum absolute atomic E-state index is 0.0196. The van der Waals surface area contributed by atoms with E-state index in [4.69, 9.17) is 14.2 Å². The molecule has 2 aromatic rings. The Bertz CT molecular complexity index is 1440. The number of ketones is 3. The molecule has 0 aromatic heterocycles. The summed E-state index contributed by atoms with van der Waals surface area (Å²) < 4.78 is 17.1. The Labute approximate surface area is 228 Å². The molecule has 0 saturated carbocycles. The number of nitrogens with one attached hydrogen (secondary N) is 1. The lowest BCUT2D eigenvalue weighted by Crippen LogP contribution is -2.54. The number of aromatic hydroxyl groups is 2. The van der Waals surface area contributed by atoms with Crippen LogP contribution in [0, 0.1) is 0 Å². The normalized spacial score (nSPS) is 29.2. The molecule has 0 spiro atoms. The molecule has 1 fully saturated rings. The van der Waals surface area contributed by atoms with Gasteiger partial charge in [-0.1, -0.05) is 12.1 Å². The van der Waals surface area contributed by atoms with Crippen LogP contribution < -0.4 is 10.1 Å². The number of amides is 1. The highest BCUT2D eigenvalue weighted by Gasteiger charge is 2.49. The second-order valence-corrected chi connectivity index (χ2v) is 10.4. The summed E-state index contributed by atoms with van der Waals surface area (Å²) in [5.74, 6) is -3.33. The van der Waals surface area contributed by atoms with E-state index in [1.54, 1.807) is 6.92 Å². The first kappa shape index (κ1) is 27.7. The van der Waals surface area contributed by atoms with Gasteiger partial charge in [0.1, 0.15) is 29.0 Å². The lowest BCUT2D eigenvalue weighted by atomic mass is 9.72. The van der Waals surface area contributed by atoms with Crippen molar-refractivity contribution >= 4 is 23.8 Å². The van der Waals surface area contributed by atoms with Crippen LogP contribution in [-0.2, 0) is 25.5 Å². The van der Waals surface area contributed by atoms with Gasteiger partial charge in [0.25, 0.3) is 0 Å². The van der Waals surface area contributed by atoms with Gasteiger partial charge in [-0.25, -0.2) is 0 Å². The summed E-state index contributed by atoms with van der Waals surface area (Å²) in [6.07, 6.45) is -4.61. The molecule has 6 atom stereocenters. The number of aliphatic hydroxyl groups excluding tert-OH is 1. The van der Waals surface area contributed by atoms with Crippen LogP contribution in [0.5, 0.6) is 17.2 Å². The molecule has 1 aliphatic heterocycles. The van der Waals surface area contributed by atoms with Gasteiger partial charge >= 0.3 is 0 Å². The Morgan fingerprint density at radius 3 is 2.50 bits per heavy atom. The van der Waals surface area contributed by atoms with Crippen LogP contribution in [-0.4, -0.2) is 81.4 Å². The summed E-state index contributed by atoms with van der Waals surface area (Å²) in [6, 6.07) is 3.66. The van der Waals surface area contributed by atoms with Crippen LogP contribution in [0.25, 0.3) is 0 Å². The maximum atomic E-state index is 13.7. The molecular weight excluding hydrogens is 526 g/mol. The van der Waals surface area contributed by atoms with E-state index in [0.717, 1.165) is 6.92 Å². The number of Topliss-reactive ketones (excluding diaryl/α,β-unsaturated/α-hetero) is 1. The van der Waals surface area contributed by atoms with Gasteiger partial charge in [0, 0.05) is 36.0 Å². The summed E-state index contributed by atoms with van der Waals surface area (Å²) in [4.78, 5) is 50.8. The molecule has 2 aliphatic carbocycles. The molecule has 1 unspecified atom stereocenters. The number of rotatable bonds is 6. The van der Waals surface area contributed by atoms with E-state index in [0.29, 0.717) is 6.41 Å². The number of ether oxygens (including phenoxy) is 3. The number of carbonyl (C=O) groups is 4. The topological polar surface area (TPSA) is 189 Å². The smallest absolute Gasteiger partial charge is 0.207 e. The molecule has 5 N–H and O–H groups in total. The third kappa shape index (κ3) is 4.15. The van der Waals surface area contributed by atoms with Crippen LogP contribution in [0.3, 0.4) is 0 Å². The number of hydrogen-bond donors (Lipinski definition) is 5. The van der Waals surface area contributed by atoms with Gasteiger partial charge in [0.2, 0.25) is 12.2 Å². The van der Waals surface area contributed by atoms with Gasteiger partial charge < -0.3 is 40.0 Å². The minimum Gasteiger partial charge on any atom is -0.507 e. The van der Waals surface area contributed by atoms with Crippen molar-refractivity contribution in [1.29, 1.82) is 0 Å². The first-order valence-electron chi connectivity index (χ1n) is 12.7. The molecule has 0 bridgehead atoms. The maximum Gasteiger partial charge on any atom is 0.207 e. The zero-order valence-electron chi connectivity index (χ0n) is 22.0. The summed E-state index contributed by atoms with van der Waals surface area (Å²) in [5.41, 5.74) is -3.25. The standard InChI is InChI=1S/C28H29NO11/c1-11-23(32)15(29-10-30)7-18(39-11)40-17-9-28(37,12(2)31)8-14-20(17)27(36)22-21(25(14)34)24(33)13-5-4-6-16(38-3)19(13)26(22)35/h4-6,10-11,15,17-18,23,32,34,36-37H,7-9H2,1-3H3,(H,29,30)/t11-,15-,17?,18-,23+,28+/m0/s1. The molecule has 0 radical (unpaired) electrons. The number of benzene rings is 2. The number of phenols is 2. The van der Waals surface area contributed by atoms with Crippen molar-refractivity contribution < 1.29 is 53.8 Å². The number of carbonyl (C=O) groups excluding carboxylic acids is 4. The van der Waals surface area contributed by atoms with Crippen molar-refractivity contribution in [2.45, 2.75) is 69.4 Å². The van der Waals surface area contributed by atoms with Crippen molar-refractivity contribution in [1.82, 2.24) is 5.32 Å². The second-order valence-electron chi connectivity index (χ2n) is 10.4. The molecule has 3 aliphatic rings. The van der Waals surface area contributed by atoms with Crippen LogP contribution in [0.15, 0.2) is 18.2 Å². The molecule has 12 nitrogen and oxygen atoms in total. The highest BCUT2D eigenvalue weighted by Crippen LogP contribution is 2.52. The lowest BCUT2D eigenvalue weighted by molar-refractivity contribution is -0.249. The van der Waals surface area contributed by atoms with Crippen molar-refractivity contribution in [3.63, 3.8) is 0 Å². The summed E-state index contributed by atoms with van der Waals surface area (Å²) in [5, 5.41) is 47.0. The van der Waals surface area contributed by atoms with Crippen molar-refractivity contribution in [3.8, 4) is 17.2 Å². The average Bonchev–Trinajstić information content (AvgIpc) is 2.91. The largest absolute Gasteiger partial charge is 0.507 e. The Morgan fingerprint density at radius 1 is 1.15 bits per heavy atom.